The van der Waals surface area contributed by atoms with Gasteiger partial charge in [0.1, 0.15) is 5.01 Å². The Bertz CT molecular complexity index is 406. The van der Waals surface area contributed by atoms with Crippen LogP contribution >= 0.6 is 11.3 Å². The molecule has 0 amide bonds. The highest BCUT2D eigenvalue weighted by Crippen LogP contribution is 2.22. The minimum atomic E-state index is 0.804. The first-order valence-corrected chi connectivity index (χ1v) is 8.27. The van der Waals surface area contributed by atoms with Crippen molar-refractivity contribution in [2.45, 2.75) is 38.4 Å². The van der Waals surface area contributed by atoms with Crippen molar-refractivity contribution in [1.82, 2.24) is 20.1 Å². The smallest absolute Gasteiger partial charge is 0.107 e. The van der Waals surface area contributed by atoms with E-state index in [1.54, 1.807) is 11.3 Å². The van der Waals surface area contributed by atoms with Crippen molar-refractivity contribution in [2.24, 2.45) is 0 Å². The van der Waals surface area contributed by atoms with Gasteiger partial charge in [-0.05, 0) is 26.4 Å². The van der Waals surface area contributed by atoms with Gasteiger partial charge in [0, 0.05) is 44.1 Å². The molecule has 0 aromatic carbocycles. The summed E-state index contributed by atoms with van der Waals surface area (Å²) in [5.41, 5.74) is 1.25. The standard InChI is InChI=1S/C14H24N4S/c1-15-8-14-16-12(11-19-14)9-17-6-7-18-5-3-2-4-13(18)10-17/h11,13,15H,2-10H2,1H3. The van der Waals surface area contributed by atoms with Gasteiger partial charge in [0.05, 0.1) is 5.69 Å². The SMILES string of the molecule is CNCc1nc(CN2CCN3CCCCC3C2)cs1. The van der Waals surface area contributed by atoms with Gasteiger partial charge < -0.3 is 5.32 Å². The maximum absolute atomic E-state index is 4.70. The molecule has 3 rings (SSSR count). The summed E-state index contributed by atoms with van der Waals surface area (Å²) in [6.45, 7) is 6.93. The summed E-state index contributed by atoms with van der Waals surface area (Å²) in [5.74, 6) is 0. The normalized spacial score (nSPS) is 25.4. The van der Waals surface area contributed by atoms with Gasteiger partial charge in [0.15, 0.2) is 0 Å². The molecule has 2 saturated heterocycles. The second-order valence-corrected chi connectivity index (χ2v) is 6.63. The zero-order valence-electron chi connectivity index (χ0n) is 11.8. The second-order valence-electron chi connectivity index (χ2n) is 5.68. The number of hydrogen-bond donors (Lipinski definition) is 1. The highest BCUT2D eigenvalue weighted by Gasteiger charge is 2.28. The predicted octanol–water partition coefficient (Wildman–Crippen LogP) is 1.53. The average molecular weight is 280 g/mol. The third kappa shape index (κ3) is 3.34. The van der Waals surface area contributed by atoms with Crippen LogP contribution in [0.5, 0.6) is 0 Å². The van der Waals surface area contributed by atoms with E-state index in [-0.39, 0.29) is 0 Å². The lowest BCUT2D eigenvalue weighted by molar-refractivity contribution is 0.0452. The minimum Gasteiger partial charge on any atom is -0.314 e. The fraction of sp³-hybridized carbons (Fsp3) is 0.786. The number of piperazine rings is 1. The molecule has 3 heterocycles. The van der Waals surface area contributed by atoms with Crippen molar-refractivity contribution < 1.29 is 0 Å². The second kappa shape index (κ2) is 6.31. The van der Waals surface area contributed by atoms with E-state index in [0.29, 0.717) is 0 Å². The Labute approximate surface area is 119 Å². The predicted molar refractivity (Wildman–Crippen MR) is 79.4 cm³/mol. The number of rotatable bonds is 4. The highest BCUT2D eigenvalue weighted by molar-refractivity contribution is 7.09. The van der Waals surface area contributed by atoms with Crippen LogP contribution in [-0.2, 0) is 13.1 Å². The Kier molecular flexibility index (Phi) is 4.48. The molecule has 0 saturated carbocycles. The van der Waals surface area contributed by atoms with E-state index in [1.807, 2.05) is 7.05 Å². The van der Waals surface area contributed by atoms with Crippen LogP contribution in [0, 0.1) is 0 Å². The van der Waals surface area contributed by atoms with E-state index in [2.05, 4.69) is 20.5 Å². The number of nitrogens with one attached hydrogen (secondary N) is 1. The van der Waals surface area contributed by atoms with Crippen molar-refractivity contribution in [3.8, 4) is 0 Å². The molecule has 2 fully saturated rings. The van der Waals surface area contributed by atoms with E-state index < -0.39 is 0 Å². The molecule has 1 N–H and O–H groups in total. The topological polar surface area (TPSA) is 31.4 Å². The van der Waals surface area contributed by atoms with Crippen LogP contribution in [0.4, 0.5) is 0 Å². The van der Waals surface area contributed by atoms with Crippen LogP contribution in [0.15, 0.2) is 5.38 Å². The van der Waals surface area contributed by atoms with Gasteiger partial charge in [-0.15, -0.1) is 11.3 Å². The minimum absolute atomic E-state index is 0.804. The average Bonchev–Trinajstić information content (AvgIpc) is 2.86. The molecule has 1 atom stereocenters. The molecule has 1 unspecified atom stereocenters. The van der Waals surface area contributed by atoms with Gasteiger partial charge in [-0.3, -0.25) is 9.80 Å². The van der Waals surface area contributed by atoms with Crippen LogP contribution in [0.25, 0.3) is 0 Å². The van der Waals surface area contributed by atoms with Crippen molar-refractivity contribution >= 4 is 11.3 Å². The lowest BCUT2D eigenvalue weighted by Gasteiger charge is -2.43. The summed E-state index contributed by atoms with van der Waals surface area (Å²) in [5, 5.41) is 6.59. The molecule has 19 heavy (non-hydrogen) atoms. The van der Waals surface area contributed by atoms with Crippen LogP contribution in [-0.4, -0.2) is 54.1 Å². The number of hydrogen-bond acceptors (Lipinski definition) is 5. The van der Waals surface area contributed by atoms with Crippen molar-refractivity contribution in [3.05, 3.63) is 16.1 Å². The van der Waals surface area contributed by atoms with Crippen LogP contribution in [0.1, 0.15) is 30.0 Å². The molecule has 1 aromatic rings. The Morgan fingerprint density at radius 1 is 1.37 bits per heavy atom. The molecule has 5 heteroatoms. The summed E-state index contributed by atoms with van der Waals surface area (Å²) in [4.78, 5) is 9.97. The maximum Gasteiger partial charge on any atom is 0.107 e. The molecular weight excluding hydrogens is 256 g/mol. The van der Waals surface area contributed by atoms with Crippen molar-refractivity contribution in [2.75, 3.05) is 33.2 Å². The molecule has 2 aliphatic heterocycles. The zero-order chi connectivity index (χ0) is 13.1. The molecule has 4 nitrogen and oxygen atoms in total. The number of thiazole rings is 1. The maximum atomic E-state index is 4.70. The van der Waals surface area contributed by atoms with E-state index >= 15 is 0 Å². The summed E-state index contributed by atoms with van der Waals surface area (Å²) < 4.78 is 0. The molecule has 0 bridgehead atoms. The highest BCUT2D eigenvalue weighted by atomic mass is 32.1. The molecule has 2 aliphatic rings. The molecule has 0 spiro atoms. The van der Waals surface area contributed by atoms with E-state index in [4.69, 9.17) is 4.98 Å². The lowest BCUT2D eigenvalue weighted by atomic mass is 9.99. The fourth-order valence-corrected chi connectivity index (χ4v) is 4.04. The first-order chi connectivity index (χ1) is 9.35. The van der Waals surface area contributed by atoms with Gasteiger partial charge in [0.25, 0.3) is 0 Å². The quantitative estimate of drug-likeness (QED) is 0.906. The molecule has 106 valence electrons. The third-order valence-corrected chi connectivity index (χ3v) is 5.13. The molecular formula is C14H24N4S. The summed E-state index contributed by atoms with van der Waals surface area (Å²) in [6, 6.07) is 0.804. The van der Waals surface area contributed by atoms with Crippen LogP contribution < -0.4 is 5.32 Å². The summed E-state index contributed by atoms with van der Waals surface area (Å²) in [6.07, 6.45) is 4.20. The van der Waals surface area contributed by atoms with Crippen LogP contribution in [0.3, 0.4) is 0 Å². The number of nitrogens with zero attached hydrogens (tertiary/aromatic N) is 3. The van der Waals surface area contributed by atoms with E-state index in [9.17, 15) is 0 Å². The van der Waals surface area contributed by atoms with Crippen molar-refractivity contribution in [3.63, 3.8) is 0 Å². The monoisotopic (exact) mass is 280 g/mol. The molecule has 1 aromatic heterocycles. The first-order valence-electron chi connectivity index (χ1n) is 7.39. The fourth-order valence-electron chi connectivity index (χ4n) is 3.25. The Hall–Kier alpha value is -0.490. The third-order valence-electron chi connectivity index (χ3n) is 4.23. The van der Waals surface area contributed by atoms with Gasteiger partial charge in [0.2, 0.25) is 0 Å². The number of piperidine rings is 1. The summed E-state index contributed by atoms with van der Waals surface area (Å²) >= 11 is 1.77. The van der Waals surface area contributed by atoms with Gasteiger partial charge in [-0.2, -0.15) is 0 Å². The lowest BCUT2D eigenvalue weighted by Crippen LogP contribution is -2.54. The van der Waals surface area contributed by atoms with Gasteiger partial charge >= 0.3 is 0 Å². The van der Waals surface area contributed by atoms with Crippen LogP contribution in [0.2, 0.25) is 0 Å². The summed E-state index contributed by atoms with van der Waals surface area (Å²) in [7, 11) is 1.98. The van der Waals surface area contributed by atoms with Gasteiger partial charge in [-0.25, -0.2) is 4.98 Å². The molecule has 0 aliphatic carbocycles. The number of aromatic nitrogens is 1. The van der Waals surface area contributed by atoms with Gasteiger partial charge in [-0.1, -0.05) is 6.42 Å². The Balaban J connectivity index is 1.54. The zero-order valence-corrected chi connectivity index (χ0v) is 12.6. The van der Waals surface area contributed by atoms with E-state index in [1.165, 1.54) is 56.1 Å². The van der Waals surface area contributed by atoms with E-state index in [0.717, 1.165) is 19.1 Å². The Morgan fingerprint density at radius 3 is 3.21 bits per heavy atom. The Morgan fingerprint density at radius 2 is 2.32 bits per heavy atom. The van der Waals surface area contributed by atoms with Crippen molar-refractivity contribution in [1.29, 1.82) is 0 Å². The largest absolute Gasteiger partial charge is 0.314 e. The molecule has 0 radical (unpaired) electrons. The number of fused-ring (bicyclic) bond motifs is 1. The first kappa shape index (κ1) is 13.5.